The van der Waals surface area contributed by atoms with Crippen molar-refractivity contribution in [3.05, 3.63) is 53.6 Å². The fraction of sp³-hybridized carbons (Fsp3) is 0.200. The fourth-order valence-electron chi connectivity index (χ4n) is 2.19. The summed E-state index contributed by atoms with van der Waals surface area (Å²) >= 11 is 5.87. The minimum atomic E-state index is -0.223. The second kappa shape index (κ2) is 6.11. The van der Waals surface area contributed by atoms with Crippen molar-refractivity contribution in [1.82, 2.24) is 14.9 Å². The van der Waals surface area contributed by atoms with E-state index in [0.717, 1.165) is 0 Å². The summed E-state index contributed by atoms with van der Waals surface area (Å²) in [6.07, 6.45) is 4.40. The Bertz CT molecular complexity index is 702. The maximum atomic E-state index is 12.1. The van der Waals surface area contributed by atoms with Gasteiger partial charge in [-0.3, -0.25) is 14.6 Å². The molecular formula is C15H13ClN4O2. The summed E-state index contributed by atoms with van der Waals surface area (Å²) in [5.74, 6) is -0.551. The molecule has 112 valence electrons. The average molecular weight is 317 g/mol. The van der Waals surface area contributed by atoms with Crippen LogP contribution in [0, 0.1) is 5.92 Å². The van der Waals surface area contributed by atoms with Crippen LogP contribution < -0.4 is 5.32 Å². The number of carbonyl (C=O) groups is 2. The lowest BCUT2D eigenvalue weighted by Gasteiger charge is -2.37. The first kappa shape index (κ1) is 14.5. The molecule has 1 fully saturated rings. The van der Waals surface area contributed by atoms with Crippen molar-refractivity contribution in [3.63, 3.8) is 0 Å². The number of rotatable bonds is 3. The molecule has 7 heteroatoms. The van der Waals surface area contributed by atoms with Gasteiger partial charge in [-0.15, -0.1) is 0 Å². The molecule has 0 bridgehead atoms. The van der Waals surface area contributed by atoms with Gasteiger partial charge in [0.1, 0.15) is 5.69 Å². The highest BCUT2D eigenvalue weighted by Crippen LogP contribution is 2.21. The van der Waals surface area contributed by atoms with Gasteiger partial charge >= 0.3 is 0 Å². The van der Waals surface area contributed by atoms with Gasteiger partial charge < -0.3 is 10.2 Å². The Balaban J connectivity index is 1.55. The molecule has 1 saturated heterocycles. The zero-order valence-electron chi connectivity index (χ0n) is 11.6. The number of nitrogens with one attached hydrogen (secondary N) is 1. The molecule has 2 amide bonds. The molecule has 6 nitrogen and oxygen atoms in total. The number of carbonyl (C=O) groups excluding carboxylic acids is 2. The average Bonchev–Trinajstić information content (AvgIpc) is 2.46. The lowest BCUT2D eigenvalue weighted by Crippen LogP contribution is -2.54. The highest BCUT2D eigenvalue weighted by molar-refractivity contribution is 6.30. The van der Waals surface area contributed by atoms with Crippen molar-refractivity contribution in [2.75, 3.05) is 18.4 Å². The maximum absolute atomic E-state index is 12.1. The first-order valence-corrected chi connectivity index (χ1v) is 7.13. The van der Waals surface area contributed by atoms with Gasteiger partial charge in [-0.25, -0.2) is 4.98 Å². The number of anilines is 1. The normalized spacial score (nSPS) is 14.3. The molecule has 0 saturated carbocycles. The summed E-state index contributed by atoms with van der Waals surface area (Å²) in [6.45, 7) is 0.754. The summed E-state index contributed by atoms with van der Waals surface area (Å²) in [4.78, 5) is 33.6. The number of amides is 2. The molecule has 3 rings (SSSR count). The molecule has 1 aliphatic rings. The number of likely N-dealkylation sites (tertiary alicyclic amines) is 1. The zero-order valence-corrected chi connectivity index (χ0v) is 12.3. The lowest BCUT2D eigenvalue weighted by molar-refractivity contribution is -0.123. The van der Waals surface area contributed by atoms with Gasteiger partial charge in [-0.05, 0) is 18.2 Å². The highest BCUT2D eigenvalue weighted by atomic mass is 35.5. The van der Waals surface area contributed by atoms with Crippen LogP contribution in [0.15, 0.2) is 42.9 Å². The Morgan fingerprint density at radius 2 is 2.09 bits per heavy atom. The van der Waals surface area contributed by atoms with Gasteiger partial charge in [0.05, 0.1) is 12.1 Å². The third-order valence-electron chi connectivity index (χ3n) is 3.41. The van der Waals surface area contributed by atoms with Crippen LogP contribution in [0.2, 0.25) is 5.02 Å². The van der Waals surface area contributed by atoms with E-state index >= 15 is 0 Å². The molecule has 22 heavy (non-hydrogen) atoms. The van der Waals surface area contributed by atoms with Crippen LogP contribution in [0.5, 0.6) is 0 Å². The van der Waals surface area contributed by atoms with E-state index in [1.165, 1.54) is 18.6 Å². The van der Waals surface area contributed by atoms with E-state index in [4.69, 9.17) is 11.6 Å². The number of benzene rings is 1. The van der Waals surface area contributed by atoms with Gasteiger partial charge in [0.25, 0.3) is 5.91 Å². The quantitative estimate of drug-likeness (QED) is 0.937. The Labute approximate surface area is 132 Å². The predicted molar refractivity (Wildman–Crippen MR) is 81.5 cm³/mol. The number of aromatic nitrogens is 2. The van der Waals surface area contributed by atoms with Crippen LogP contribution in [-0.4, -0.2) is 39.8 Å². The van der Waals surface area contributed by atoms with Crippen molar-refractivity contribution < 1.29 is 9.59 Å². The molecule has 2 heterocycles. The Morgan fingerprint density at radius 3 is 2.77 bits per heavy atom. The molecule has 0 radical (unpaired) electrons. The molecule has 0 spiro atoms. The molecule has 1 N–H and O–H groups in total. The molecule has 0 atom stereocenters. The van der Waals surface area contributed by atoms with E-state index in [9.17, 15) is 9.59 Å². The molecule has 0 unspecified atom stereocenters. The van der Waals surface area contributed by atoms with E-state index in [-0.39, 0.29) is 23.4 Å². The van der Waals surface area contributed by atoms with E-state index < -0.39 is 0 Å². The third-order valence-corrected chi connectivity index (χ3v) is 3.65. The second-order valence-corrected chi connectivity index (χ2v) is 5.43. The van der Waals surface area contributed by atoms with E-state index in [1.54, 1.807) is 29.2 Å². The summed E-state index contributed by atoms with van der Waals surface area (Å²) in [5, 5.41) is 3.36. The fourth-order valence-corrected chi connectivity index (χ4v) is 2.38. The number of hydrogen-bond acceptors (Lipinski definition) is 4. The van der Waals surface area contributed by atoms with Crippen LogP contribution in [0.25, 0.3) is 0 Å². The number of hydrogen-bond donors (Lipinski definition) is 1. The van der Waals surface area contributed by atoms with E-state index in [2.05, 4.69) is 15.3 Å². The number of halogens is 1. The molecule has 1 aliphatic heterocycles. The minimum absolute atomic E-state index is 0.120. The topological polar surface area (TPSA) is 75.2 Å². The summed E-state index contributed by atoms with van der Waals surface area (Å²) in [5.41, 5.74) is 0.937. The monoisotopic (exact) mass is 316 g/mol. The summed E-state index contributed by atoms with van der Waals surface area (Å²) in [6, 6.07) is 6.95. The Hall–Kier alpha value is -2.47. The molecule has 1 aromatic heterocycles. The molecule has 1 aromatic carbocycles. The van der Waals surface area contributed by atoms with E-state index in [1.807, 2.05) is 0 Å². The standard InChI is InChI=1S/C15H13ClN4O2/c16-11-2-1-3-12(6-11)19-14(21)10-8-20(9-10)15(22)13-7-17-4-5-18-13/h1-7,10H,8-9H2,(H,19,21). The van der Waals surface area contributed by atoms with Crippen molar-refractivity contribution in [2.45, 2.75) is 0 Å². The Morgan fingerprint density at radius 1 is 1.27 bits per heavy atom. The second-order valence-electron chi connectivity index (χ2n) is 5.00. The maximum Gasteiger partial charge on any atom is 0.274 e. The Kier molecular flexibility index (Phi) is 4.02. The van der Waals surface area contributed by atoms with Crippen molar-refractivity contribution in [3.8, 4) is 0 Å². The van der Waals surface area contributed by atoms with Crippen LogP contribution >= 0.6 is 11.6 Å². The van der Waals surface area contributed by atoms with Gasteiger partial charge in [-0.2, -0.15) is 0 Å². The minimum Gasteiger partial charge on any atom is -0.336 e. The van der Waals surface area contributed by atoms with Gasteiger partial charge in [0.2, 0.25) is 5.91 Å². The van der Waals surface area contributed by atoms with Gasteiger partial charge in [-0.1, -0.05) is 17.7 Å². The van der Waals surface area contributed by atoms with Crippen molar-refractivity contribution in [2.24, 2.45) is 5.92 Å². The van der Waals surface area contributed by atoms with Gasteiger partial charge in [0, 0.05) is 36.2 Å². The summed E-state index contributed by atoms with van der Waals surface area (Å²) < 4.78 is 0. The number of nitrogens with zero attached hydrogens (tertiary/aromatic N) is 3. The largest absolute Gasteiger partial charge is 0.336 e. The third kappa shape index (κ3) is 3.07. The van der Waals surface area contributed by atoms with Gasteiger partial charge in [0.15, 0.2) is 0 Å². The molecule has 0 aliphatic carbocycles. The SMILES string of the molecule is O=C(Nc1cccc(Cl)c1)C1CN(C(=O)c2cnccn2)C1. The van der Waals surface area contributed by atoms with Crippen molar-refractivity contribution >= 4 is 29.1 Å². The molecular weight excluding hydrogens is 304 g/mol. The predicted octanol–water partition coefficient (Wildman–Crippen LogP) is 1.84. The first-order valence-electron chi connectivity index (χ1n) is 6.75. The van der Waals surface area contributed by atoms with Crippen LogP contribution in [0.4, 0.5) is 5.69 Å². The van der Waals surface area contributed by atoms with Crippen molar-refractivity contribution in [1.29, 1.82) is 0 Å². The highest BCUT2D eigenvalue weighted by Gasteiger charge is 2.36. The smallest absolute Gasteiger partial charge is 0.274 e. The zero-order chi connectivity index (χ0) is 15.5. The molecule has 2 aromatic rings. The van der Waals surface area contributed by atoms with Crippen LogP contribution in [0.3, 0.4) is 0 Å². The lowest BCUT2D eigenvalue weighted by atomic mass is 9.98. The van der Waals surface area contributed by atoms with Crippen LogP contribution in [0.1, 0.15) is 10.5 Å². The van der Waals surface area contributed by atoms with Crippen LogP contribution in [-0.2, 0) is 4.79 Å². The first-order chi connectivity index (χ1) is 10.6. The van der Waals surface area contributed by atoms with E-state index in [0.29, 0.717) is 23.8 Å². The summed E-state index contributed by atoms with van der Waals surface area (Å²) in [7, 11) is 0.